The molecule has 2 heterocycles. The molecule has 2 aromatic heterocycles. The highest BCUT2D eigenvalue weighted by Gasteiger charge is 2.27. The van der Waals surface area contributed by atoms with Gasteiger partial charge in [0.1, 0.15) is 10.8 Å². The molecule has 0 radical (unpaired) electrons. The van der Waals surface area contributed by atoms with Crippen LogP contribution in [0, 0.1) is 0 Å². The van der Waals surface area contributed by atoms with Gasteiger partial charge in [-0.15, -0.1) is 11.3 Å². The largest absolute Gasteiger partial charge is 0.494 e. The maximum Gasteiger partial charge on any atom is 0.341 e. The normalized spacial score (nSPS) is 13.0. The Hall–Kier alpha value is -3.71. The molecule has 1 N–H and O–H groups in total. The van der Waals surface area contributed by atoms with Crippen molar-refractivity contribution in [2.24, 2.45) is 0 Å². The van der Waals surface area contributed by atoms with E-state index < -0.39 is 0 Å². The van der Waals surface area contributed by atoms with Crippen LogP contribution in [-0.2, 0) is 17.6 Å². The lowest BCUT2D eigenvalue weighted by Gasteiger charge is -2.12. The second-order valence-electron chi connectivity index (χ2n) is 8.97. The summed E-state index contributed by atoms with van der Waals surface area (Å²) < 4.78 is 11.0. The molecule has 5 rings (SSSR count). The van der Waals surface area contributed by atoms with Crippen LogP contribution in [0.3, 0.4) is 0 Å². The van der Waals surface area contributed by atoms with E-state index in [-0.39, 0.29) is 18.5 Å². The third-order valence-corrected chi connectivity index (χ3v) is 7.76. The van der Waals surface area contributed by atoms with Crippen LogP contribution in [-0.4, -0.2) is 30.1 Å². The van der Waals surface area contributed by atoms with Gasteiger partial charge < -0.3 is 14.8 Å². The number of para-hydroxylation sites is 1. The van der Waals surface area contributed by atoms with Crippen molar-refractivity contribution in [1.82, 2.24) is 4.98 Å². The smallest absolute Gasteiger partial charge is 0.341 e. The van der Waals surface area contributed by atoms with Gasteiger partial charge in [-0.1, -0.05) is 24.6 Å². The number of carbonyl (C=O) groups excluding carboxylic acids is 2. The summed E-state index contributed by atoms with van der Waals surface area (Å²) in [6.45, 7) is 4.63. The van der Waals surface area contributed by atoms with Crippen LogP contribution < -0.4 is 10.1 Å². The molecule has 37 heavy (non-hydrogen) atoms. The van der Waals surface area contributed by atoms with Crippen LogP contribution in [0.5, 0.6) is 5.75 Å². The van der Waals surface area contributed by atoms with Gasteiger partial charge in [-0.3, -0.25) is 4.79 Å². The maximum absolute atomic E-state index is 13.8. The first-order chi connectivity index (χ1) is 18.1. The summed E-state index contributed by atoms with van der Waals surface area (Å²) in [4.78, 5) is 32.7. The number of fused-ring (bicyclic) bond motifs is 2. The third-order valence-electron chi connectivity index (χ3n) is 6.55. The molecule has 0 atom stereocenters. The van der Waals surface area contributed by atoms with E-state index in [1.807, 2.05) is 61.5 Å². The molecule has 1 aliphatic carbocycles. The first kappa shape index (κ1) is 25.0. The fraction of sp³-hybridized carbons (Fsp3) is 0.300. The Morgan fingerprint density at radius 1 is 0.973 bits per heavy atom. The Bertz CT molecular complexity index is 1440. The average molecular weight is 515 g/mol. The van der Waals surface area contributed by atoms with E-state index in [0.29, 0.717) is 28.4 Å². The van der Waals surface area contributed by atoms with Crippen molar-refractivity contribution in [3.8, 4) is 17.0 Å². The van der Waals surface area contributed by atoms with Crippen LogP contribution in [0.2, 0.25) is 0 Å². The quantitative estimate of drug-likeness (QED) is 0.211. The fourth-order valence-corrected chi connectivity index (χ4v) is 6.09. The number of ether oxygens (including phenoxy) is 2. The number of hydrogen-bond donors (Lipinski definition) is 1. The molecule has 0 aliphatic heterocycles. The van der Waals surface area contributed by atoms with Gasteiger partial charge >= 0.3 is 5.97 Å². The number of esters is 1. The summed E-state index contributed by atoms with van der Waals surface area (Å²) >= 11 is 1.50. The van der Waals surface area contributed by atoms with E-state index in [9.17, 15) is 9.59 Å². The molecule has 2 aromatic carbocycles. The third kappa shape index (κ3) is 5.23. The Labute approximate surface area is 220 Å². The van der Waals surface area contributed by atoms with Gasteiger partial charge in [0.25, 0.3) is 5.91 Å². The second-order valence-corrected chi connectivity index (χ2v) is 10.1. The highest BCUT2D eigenvalue weighted by atomic mass is 32.1. The van der Waals surface area contributed by atoms with Crippen molar-refractivity contribution >= 4 is 39.1 Å². The number of aromatic nitrogens is 1. The molecule has 0 fully saturated rings. The monoisotopic (exact) mass is 514 g/mol. The Morgan fingerprint density at radius 2 is 1.76 bits per heavy atom. The van der Waals surface area contributed by atoms with Gasteiger partial charge in [0.2, 0.25) is 0 Å². The van der Waals surface area contributed by atoms with Gasteiger partial charge in [-0.25, -0.2) is 9.78 Å². The summed E-state index contributed by atoms with van der Waals surface area (Å²) in [5.41, 5.74) is 4.37. The number of benzene rings is 2. The molecular weight excluding hydrogens is 484 g/mol. The molecule has 0 unspecified atom stereocenters. The molecular formula is C30H30N2O4S. The molecule has 1 aliphatic rings. The minimum absolute atomic E-state index is 0.271. The molecule has 6 nitrogen and oxygen atoms in total. The number of hydrogen-bond acceptors (Lipinski definition) is 6. The fourth-order valence-electron chi connectivity index (χ4n) is 4.82. The summed E-state index contributed by atoms with van der Waals surface area (Å²) in [5.74, 6) is 0.147. The Kier molecular flexibility index (Phi) is 7.51. The molecule has 0 bridgehead atoms. The molecule has 1 amide bonds. The van der Waals surface area contributed by atoms with Gasteiger partial charge in [0, 0.05) is 15.8 Å². The van der Waals surface area contributed by atoms with Gasteiger partial charge in [-0.2, -0.15) is 0 Å². The molecule has 0 spiro atoms. The van der Waals surface area contributed by atoms with Crippen molar-refractivity contribution in [1.29, 1.82) is 0 Å². The molecule has 4 aromatic rings. The standard InChI is InChI=1S/C30H30N2O4S/c1-3-35-20-16-14-19(15-17-20)25-18-23(21-10-8-9-12-24(21)31-25)28(33)32-29-27(30(34)36-4-2)22-11-6-5-7-13-26(22)37-29/h8-10,12,14-18H,3-7,11,13H2,1-2H3,(H,32,33). The average Bonchev–Trinajstić information content (AvgIpc) is 3.08. The molecule has 7 heteroatoms. The van der Waals surface area contributed by atoms with E-state index in [1.54, 1.807) is 6.92 Å². The molecule has 190 valence electrons. The van der Waals surface area contributed by atoms with E-state index in [1.165, 1.54) is 16.2 Å². The Morgan fingerprint density at radius 3 is 2.54 bits per heavy atom. The number of thiophene rings is 1. The van der Waals surface area contributed by atoms with Crippen LogP contribution in [0.1, 0.15) is 64.3 Å². The summed E-state index contributed by atoms with van der Waals surface area (Å²) in [7, 11) is 0. The van der Waals surface area contributed by atoms with Crippen molar-refractivity contribution in [2.45, 2.75) is 46.0 Å². The van der Waals surface area contributed by atoms with E-state index in [4.69, 9.17) is 14.5 Å². The second kappa shape index (κ2) is 11.1. The van der Waals surface area contributed by atoms with E-state index >= 15 is 0 Å². The SMILES string of the molecule is CCOC(=O)c1c(NC(=O)c2cc(-c3ccc(OCC)cc3)nc3ccccc23)sc2c1CCCCC2. The van der Waals surface area contributed by atoms with Crippen LogP contribution >= 0.6 is 11.3 Å². The zero-order valence-corrected chi connectivity index (χ0v) is 22.0. The lowest BCUT2D eigenvalue weighted by molar-refractivity contribution is 0.0527. The predicted octanol–water partition coefficient (Wildman–Crippen LogP) is 7.06. The minimum atomic E-state index is -0.369. The number of anilines is 1. The highest BCUT2D eigenvalue weighted by molar-refractivity contribution is 7.17. The first-order valence-electron chi connectivity index (χ1n) is 12.8. The molecule has 0 saturated carbocycles. The predicted molar refractivity (Wildman–Crippen MR) is 148 cm³/mol. The topological polar surface area (TPSA) is 77.5 Å². The Balaban J connectivity index is 1.54. The number of nitrogens with zero attached hydrogens (tertiary/aromatic N) is 1. The first-order valence-corrected chi connectivity index (χ1v) is 13.7. The highest BCUT2D eigenvalue weighted by Crippen LogP contribution is 2.38. The lowest BCUT2D eigenvalue weighted by Crippen LogP contribution is -2.16. The van der Waals surface area contributed by atoms with Crippen molar-refractivity contribution in [3.63, 3.8) is 0 Å². The van der Waals surface area contributed by atoms with Gasteiger partial charge in [-0.05, 0) is 81.5 Å². The van der Waals surface area contributed by atoms with Gasteiger partial charge in [0.15, 0.2) is 0 Å². The number of carbonyl (C=O) groups is 2. The number of pyridine rings is 1. The molecule has 0 saturated heterocycles. The summed E-state index contributed by atoms with van der Waals surface area (Å²) in [6.07, 6.45) is 5.01. The van der Waals surface area contributed by atoms with Crippen LogP contribution in [0.25, 0.3) is 22.2 Å². The summed E-state index contributed by atoms with van der Waals surface area (Å²) in [6, 6.07) is 17.1. The minimum Gasteiger partial charge on any atom is -0.494 e. The van der Waals surface area contributed by atoms with E-state index in [0.717, 1.165) is 59.9 Å². The lowest BCUT2D eigenvalue weighted by atomic mass is 10.0. The van der Waals surface area contributed by atoms with Gasteiger partial charge in [0.05, 0.1) is 35.6 Å². The number of rotatable bonds is 7. The van der Waals surface area contributed by atoms with Crippen LogP contribution in [0.4, 0.5) is 5.00 Å². The maximum atomic E-state index is 13.8. The van der Waals surface area contributed by atoms with Crippen molar-refractivity contribution in [3.05, 3.63) is 76.2 Å². The van der Waals surface area contributed by atoms with Crippen molar-refractivity contribution in [2.75, 3.05) is 18.5 Å². The van der Waals surface area contributed by atoms with Crippen molar-refractivity contribution < 1.29 is 19.1 Å². The number of amides is 1. The number of nitrogens with one attached hydrogen (secondary N) is 1. The number of aryl methyl sites for hydroxylation is 1. The van der Waals surface area contributed by atoms with Crippen LogP contribution in [0.15, 0.2) is 54.6 Å². The zero-order valence-electron chi connectivity index (χ0n) is 21.1. The zero-order chi connectivity index (χ0) is 25.8. The summed E-state index contributed by atoms with van der Waals surface area (Å²) in [5, 5.41) is 4.39. The van der Waals surface area contributed by atoms with E-state index in [2.05, 4.69) is 5.32 Å².